The summed E-state index contributed by atoms with van der Waals surface area (Å²) in [6.45, 7) is 1.73. The first kappa shape index (κ1) is 17.5. The molecule has 6 nitrogen and oxygen atoms in total. The number of fused-ring (bicyclic) bond motifs is 2. The van der Waals surface area contributed by atoms with Crippen molar-refractivity contribution in [3.8, 4) is 17.2 Å². The average molecular weight is 346 g/mol. The fourth-order valence-corrected chi connectivity index (χ4v) is 3.65. The molecule has 0 bridgehead atoms. The zero-order valence-electron chi connectivity index (χ0n) is 14.6. The molecule has 0 heterocycles. The predicted octanol–water partition coefficient (Wildman–Crippen LogP) is 3.03. The Morgan fingerprint density at radius 2 is 2.08 bits per heavy atom. The van der Waals surface area contributed by atoms with Crippen LogP contribution >= 0.6 is 0 Å². The van der Waals surface area contributed by atoms with Crippen molar-refractivity contribution in [1.29, 1.82) is 0 Å². The number of aliphatic hydroxyl groups is 1. The van der Waals surface area contributed by atoms with Gasteiger partial charge in [-0.25, -0.2) is 0 Å². The normalized spacial score (nSPS) is 16.6. The van der Waals surface area contributed by atoms with Crippen LogP contribution in [0.2, 0.25) is 0 Å². The van der Waals surface area contributed by atoms with E-state index in [0.29, 0.717) is 52.3 Å². The Balaban J connectivity index is 2.46. The summed E-state index contributed by atoms with van der Waals surface area (Å²) in [5, 5.41) is 22.4. The summed E-state index contributed by atoms with van der Waals surface area (Å²) in [7, 11) is 3.04. The molecule has 134 valence electrons. The number of ether oxygens (including phenoxy) is 3. The summed E-state index contributed by atoms with van der Waals surface area (Å²) in [6, 6.07) is 1.80. The molecule has 2 aromatic rings. The number of aldehydes is 1. The second-order valence-electron chi connectivity index (χ2n) is 6.21. The number of aromatic hydroxyl groups is 1. The number of aryl methyl sites for hydroxylation is 1. The van der Waals surface area contributed by atoms with Crippen molar-refractivity contribution in [1.82, 2.24) is 0 Å². The minimum absolute atomic E-state index is 0.0628. The van der Waals surface area contributed by atoms with Crippen molar-refractivity contribution in [2.45, 2.75) is 32.3 Å². The Kier molecular flexibility index (Phi) is 4.83. The van der Waals surface area contributed by atoms with Gasteiger partial charge in [0.1, 0.15) is 17.2 Å². The molecule has 0 saturated carbocycles. The molecule has 1 aliphatic rings. The van der Waals surface area contributed by atoms with Gasteiger partial charge in [0, 0.05) is 23.6 Å². The van der Waals surface area contributed by atoms with Crippen LogP contribution in [0, 0.1) is 6.92 Å². The zero-order valence-corrected chi connectivity index (χ0v) is 14.6. The quantitative estimate of drug-likeness (QED) is 0.639. The highest BCUT2D eigenvalue weighted by molar-refractivity contribution is 6.05. The van der Waals surface area contributed by atoms with Gasteiger partial charge in [-0.2, -0.15) is 0 Å². The van der Waals surface area contributed by atoms with Gasteiger partial charge >= 0.3 is 0 Å². The summed E-state index contributed by atoms with van der Waals surface area (Å²) in [5.74, 6) is 0.778. The van der Waals surface area contributed by atoms with Gasteiger partial charge in [0.05, 0.1) is 24.2 Å². The van der Waals surface area contributed by atoms with Gasteiger partial charge in [0.25, 0.3) is 0 Å². The highest BCUT2D eigenvalue weighted by Gasteiger charge is 2.30. The number of benzene rings is 2. The standard InChI is InChI=1S/C19H22O6/c1-10-7-12-16(19(13(10)8-20)25-9-23-2)17(22)15-11(18(12)24-3)5-4-6-14(15)21/h7-8,14,21-22H,4-6,9H2,1-3H3. The van der Waals surface area contributed by atoms with Gasteiger partial charge in [-0.15, -0.1) is 0 Å². The SMILES string of the molecule is COCOc1c(C=O)c(C)cc2c(OC)c3c(c(O)c12)C(O)CCC3. The number of phenolic OH excluding ortho intramolecular Hbond substituents is 1. The summed E-state index contributed by atoms with van der Waals surface area (Å²) in [4.78, 5) is 11.6. The van der Waals surface area contributed by atoms with Crippen LogP contribution in [-0.4, -0.2) is 37.5 Å². The van der Waals surface area contributed by atoms with E-state index in [0.717, 1.165) is 12.0 Å². The van der Waals surface area contributed by atoms with Crippen molar-refractivity contribution in [2.75, 3.05) is 21.0 Å². The summed E-state index contributed by atoms with van der Waals surface area (Å²) in [6.07, 6.45) is 2.01. The van der Waals surface area contributed by atoms with E-state index < -0.39 is 6.10 Å². The molecule has 0 saturated heterocycles. The maximum atomic E-state index is 11.6. The molecular weight excluding hydrogens is 324 g/mol. The lowest BCUT2D eigenvalue weighted by Crippen LogP contribution is -2.12. The summed E-state index contributed by atoms with van der Waals surface area (Å²) >= 11 is 0. The fourth-order valence-electron chi connectivity index (χ4n) is 3.65. The molecule has 0 fully saturated rings. The highest BCUT2D eigenvalue weighted by atomic mass is 16.7. The minimum Gasteiger partial charge on any atom is -0.507 e. The van der Waals surface area contributed by atoms with Crippen LogP contribution in [-0.2, 0) is 11.2 Å². The summed E-state index contributed by atoms with van der Waals surface area (Å²) < 4.78 is 16.2. The van der Waals surface area contributed by atoms with Crippen LogP contribution in [0.15, 0.2) is 6.07 Å². The molecule has 0 aromatic heterocycles. The predicted molar refractivity (Wildman–Crippen MR) is 92.7 cm³/mol. The van der Waals surface area contributed by atoms with Gasteiger partial charge in [0.15, 0.2) is 13.1 Å². The molecule has 1 unspecified atom stereocenters. The maximum Gasteiger partial charge on any atom is 0.188 e. The molecule has 3 rings (SSSR count). The lowest BCUT2D eigenvalue weighted by atomic mass is 9.84. The van der Waals surface area contributed by atoms with Gasteiger partial charge < -0.3 is 24.4 Å². The molecule has 0 amide bonds. The average Bonchev–Trinajstić information content (AvgIpc) is 2.59. The molecule has 0 spiro atoms. The van der Waals surface area contributed by atoms with Gasteiger partial charge in [-0.3, -0.25) is 4.79 Å². The molecular formula is C19H22O6. The van der Waals surface area contributed by atoms with Crippen molar-refractivity contribution in [3.63, 3.8) is 0 Å². The molecule has 0 radical (unpaired) electrons. The van der Waals surface area contributed by atoms with Crippen LogP contribution in [0.5, 0.6) is 17.2 Å². The summed E-state index contributed by atoms with van der Waals surface area (Å²) in [5.41, 5.74) is 2.32. The molecule has 1 atom stereocenters. The van der Waals surface area contributed by atoms with E-state index in [1.54, 1.807) is 20.1 Å². The third kappa shape index (κ3) is 2.71. The van der Waals surface area contributed by atoms with E-state index in [-0.39, 0.29) is 18.3 Å². The van der Waals surface area contributed by atoms with E-state index in [1.807, 2.05) is 0 Å². The van der Waals surface area contributed by atoms with Crippen LogP contribution in [0.4, 0.5) is 0 Å². The lowest BCUT2D eigenvalue weighted by molar-refractivity contribution is 0.0515. The number of carbonyl (C=O) groups is 1. The number of aliphatic hydroxyl groups excluding tert-OH is 1. The van der Waals surface area contributed by atoms with Crippen molar-refractivity contribution < 1.29 is 29.2 Å². The number of carbonyl (C=O) groups excluding carboxylic acids is 1. The smallest absolute Gasteiger partial charge is 0.188 e. The van der Waals surface area contributed by atoms with E-state index in [1.165, 1.54) is 7.11 Å². The Morgan fingerprint density at radius 1 is 1.32 bits per heavy atom. The number of rotatable bonds is 5. The van der Waals surface area contributed by atoms with Gasteiger partial charge in [-0.1, -0.05) is 0 Å². The zero-order chi connectivity index (χ0) is 18.1. The second kappa shape index (κ2) is 6.90. The lowest BCUT2D eigenvalue weighted by Gasteiger charge is -2.27. The van der Waals surface area contributed by atoms with Crippen molar-refractivity contribution >= 4 is 17.1 Å². The monoisotopic (exact) mass is 346 g/mol. The molecule has 2 N–H and O–H groups in total. The van der Waals surface area contributed by atoms with Crippen LogP contribution in [0.1, 0.15) is 46.0 Å². The number of methoxy groups -OCH3 is 2. The number of phenols is 1. The first-order chi connectivity index (χ1) is 12.0. The first-order valence-electron chi connectivity index (χ1n) is 8.19. The van der Waals surface area contributed by atoms with Crippen LogP contribution in [0.25, 0.3) is 10.8 Å². The van der Waals surface area contributed by atoms with Gasteiger partial charge in [-0.05, 0) is 37.8 Å². The Bertz CT molecular complexity index is 827. The van der Waals surface area contributed by atoms with Crippen LogP contribution in [0.3, 0.4) is 0 Å². The Hall–Kier alpha value is -2.31. The Morgan fingerprint density at radius 3 is 2.72 bits per heavy atom. The fraction of sp³-hybridized carbons (Fsp3) is 0.421. The van der Waals surface area contributed by atoms with Gasteiger partial charge in [0.2, 0.25) is 0 Å². The highest BCUT2D eigenvalue weighted by Crippen LogP contribution is 2.50. The minimum atomic E-state index is -0.779. The maximum absolute atomic E-state index is 11.6. The molecule has 25 heavy (non-hydrogen) atoms. The first-order valence-corrected chi connectivity index (χ1v) is 8.19. The van der Waals surface area contributed by atoms with Crippen molar-refractivity contribution in [3.05, 3.63) is 28.3 Å². The third-order valence-corrected chi connectivity index (χ3v) is 4.74. The molecule has 0 aliphatic heterocycles. The Labute approximate surface area is 145 Å². The second-order valence-corrected chi connectivity index (χ2v) is 6.21. The van der Waals surface area contributed by atoms with Crippen molar-refractivity contribution in [2.24, 2.45) is 0 Å². The third-order valence-electron chi connectivity index (χ3n) is 4.74. The topological polar surface area (TPSA) is 85.2 Å². The molecule has 2 aromatic carbocycles. The molecule has 6 heteroatoms. The van der Waals surface area contributed by atoms with E-state index in [4.69, 9.17) is 14.2 Å². The number of hydrogen-bond donors (Lipinski definition) is 2. The van der Waals surface area contributed by atoms with E-state index >= 15 is 0 Å². The van der Waals surface area contributed by atoms with E-state index in [2.05, 4.69) is 0 Å². The van der Waals surface area contributed by atoms with E-state index in [9.17, 15) is 15.0 Å². The largest absolute Gasteiger partial charge is 0.507 e. The number of hydrogen-bond acceptors (Lipinski definition) is 6. The molecule has 1 aliphatic carbocycles. The van der Waals surface area contributed by atoms with Crippen LogP contribution < -0.4 is 9.47 Å².